The topological polar surface area (TPSA) is 15.3 Å². The molecule has 1 saturated carbocycles. The fraction of sp³-hybridized carbons (Fsp3) is 0.571. The highest BCUT2D eigenvalue weighted by molar-refractivity contribution is 5.77. The number of rotatable bonds is 1. The van der Waals surface area contributed by atoms with Crippen LogP contribution in [-0.4, -0.2) is 18.6 Å². The number of nitrogens with zero attached hydrogens (tertiary/aromatic N) is 1. The smallest absolute Gasteiger partial charge is 0.0609 e. The molecule has 2 aliphatic rings. The van der Waals surface area contributed by atoms with Crippen molar-refractivity contribution in [2.75, 3.05) is 23.3 Å². The Hall–Kier alpha value is -1.18. The third-order valence-electron chi connectivity index (χ3n) is 4.31. The summed E-state index contributed by atoms with van der Waals surface area (Å²) >= 11 is 0. The van der Waals surface area contributed by atoms with E-state index in [9.17, 15) is 0 Å². The van der Waals surface area contributed by atoms with Gasteiger partial charge in [-0.05, 0) is 44.7 Å². The molecule has 0 amide bonds. The van der Waals surface area contributed by atoms with E-state index in [0.29, 0.717) is 5.54 Å². The molecular formula is C14H20N2. The average molecular weight is 216 g/mol. The molecule has 3 rings (SSSR count). The van der Waals surface area contributed by atoms with Crippen LogP contribution < -0.4 is 10.2 Å². The zero-order valence-electron chi connectivity index (χ0n) is 10.2. The molecule has 1 aliphatic heterocycles. The third-order valence-corrected chi connectivity index (χ3v) is 4.31. The lowest BCUT2D eigenvalue weighted by atomic mass is 9.73. The van der Waals surface area contributed by atoms with Crippen LogP contribution in [0.2, 0.25) is 0 Å². The lowest BCUT2D eigenvalue weighted by molar-refractivity contribution is 0.240. The zero-order valence-corrected chi connectivity index (χ0v) is 10.2. The van der Waals surface area contributed by atoms with Crippen LogP contribution in [0.3, 0.4) is 0 Å². The number of benzene rings is 1. The molecule has 1 N–H and O–H groups in total. The van der Waals surface area contributed by atoms with Crippen molar-refractivity contribution in [3.63, 3.8) is 0 Å². The summed E-state index contributed by atoms with van der Waals surface area (Å²) in [4.78, 5) is 2.62. The summed E-state index contributed by atoms with van der Waals surface area (Å²) in [6.07, 6.45) is 4.09. The summed E-state index contributed by atoms with van der Waals surface area (Å²) in [5.41, 5.74) is 4.55. The van der Waals surface area contributed by atoms with Gasteiger partial charge in [0.1, 0.15) is 0 Å². The van der Waals surface area contributed by atoms with E-state index in [1.165, 1.54) is 36.2 Å². The molecule has 0 radical (unpaired) electrons. The molecule has 2 heteroatoms. The molecule has 86 valence electrons. The second-order valence-electron chi connectivity index (χ2n) is 5.14. The number of anilines is 2. The number of para-hydroxylation sites is 1. The molecule has 1 aromatic carbocycles. The van der Waals surface area contributed by atoms with E-state index in [1.807, 2.05) is 0 Å². The highest BCUT2D eigenvalue weighted by Gasteiger charge is 2.44. The predicted octanol–water partition coefficient (Wildman–Crippen LogP) is 3.17. The van der Waals surface area contributed by atoms with E-state index in [2.05, 4.69) is 42.3 Å². The van der Waals surface area contributed by atoms with Gasteiger partial charge in [-0.2, -0.15) is 0 Å². The number of hydrogen-bond donors (Lipinski definition) is 1. The molecule has 0 atom stereocenters. The lowest BCUT2D eigenvalue weighted by Gasteiger charge is -2.55. The van der Waals surface area contributed by atoms with Gasteiger partial charge >= 0.3 is 0 Å². The van der Waals surface area contributed by atoms with Gasteiger partial charge in [-0.15, -0.1) is 0 Å². The summed E-state index contributed by atoms with van der Waals surface area (Å²) in [5.74, 6) is 0. The lowest BCUT2D eigenvalue weighted by Crippen LogP contribution is -2.60. The SMILES string of the molecule is CCN1c2cccc(C)c2NCC12CCC2. The van der Waals surface area contributed by atoms with E-state index in [0.717, 1.165) is 13.1 Å². The molecule has 0 aromatic heterocycles. The van der Waals surface area contributed by atoms with Gasteiger partial charge in [0.15, 0.2) is 0 Å². The Morgan fingerprint density at radius 2 is 2.19 bits per heavy atom. The second kappa shape index (κ2) is 3.41. The highest BCUT2D eigenvalue weighted by Crippen LogP contribution is 2.46. The van der Waals surface area contributed by atoms with Crippen molar-refractivity contribution in [3.8, 4) is 0 Å². The second-order valence-corrected chi connectivity index (χ2v) is 5.14. The molecule has 1 aliphatic carbocycles. The van der Waals surface area contributed by atoms with E-state index in [1.54, 1.807) is 0 Å². The summed E-state index contributed by atoms with van der Waals surface area (Å²) < 4.78 is 0. The van der Waals surface area contributed by atoms with Gasteiger partial charge in [-0.1, -0.05) is 12.1 Å². The maximum Gasteiger partial charge on any atom is 0.0609 e. The van der Waals surface area contributed by atoms with E-state index in [4.69, 9.17) is 0 Å². The van der Waals surface area contributed by atoms with Gasteiger partial charge in [-0.3, -0.25) is 0 Å². The maximum atomic E-state index is 3.65. The fourth-order valence-electron chi connectivity index (χ4n) is 3.25. The molecule has 1 aromatic rings. The van der Waals surface area contributed by atoms with Crippen molar-refractivity contribution in [3.05, 3.63) is 23.8 Å². The number of fused-ring (bicyclic) bond motifs is 1. The Morgan fingerprint density at radius 3 is 2.81 bits per heavy atom. The van der Waals surface area contributed by atoms with Crippen LogP contribution in [0, 0.1) is 6.92 Å². The molecule has 16 heavy (non-hydrogen) atoms. The first-order valence-electron chi connectivity index (χ1n) is 6.38. The Balaban J connectivity index is 2.07. The van der Waals surface area contributed by atoms with Gasteiger partial charge < -0.3 is 10.2 Å². The maximum absolute atomic E-state index is 3.65. The van der Waals surface area contributed by atoms with Crippen LogP contribution in [0.25, 0.3) is 0 Å². The van der Waals surface area contributed by atoms with Crippen molar-refractivity contribution in [1.29, 1.82) is 0 Å². The normalized spacial score (nSPS) is 21.2. The predicted molar refractivity (Wildman–Crippen MR) is 69.3 cm³/mol. The van der Waals surface area contributed by atoms with E-state index >= 15 is 0 Å². The molecule has 1 heterocycles. The quantitative estimate of drug-likeness (QED) is 0.775. The minimum Gasteiger partial charge on any atom is -0.381 e. The first-order valence-corrected chi connectivity index (χ1v) is 6.38. The van der Waals surface area contributed by atoms with Crippen LogP contribution in [-0.2, 0) is 0 Å². The number of hydrogen-bond acceptors (Lipinski definition) is 2. The Morgan fingerprint density at radius 1 is 1.38 bits per heavy atom. The summed E-state index contributed by atoms with van der Waals surface area (Å²) in [6.45, 7) is 6.72. The zero-order chi connectivity index (χ0) is 11.2. The highest BCUT2D eigenvalue weighted by atomic mass is 15.3. The van der Waals surface area contributed by atoms with Crippen molar-refractivity contribution in [2.45, 2.75) is 38.6 Å². The van der Waals surface area contributed by atoms with Crippen LogP contribution >= 0.6 is 0 Å². The molecule has 1 spiro atoms. The van der Waals surface area contributed by atoms with Crippen molar-refractivity contribution < 1.29 is 0 Å². The van der Waals surface area contributed by atoms with Crippen LogP contribution in [0.4, 0.5) is 11.4 Å². The fourth-order valence-corrected chi connectivity index (χ4v) is 3.25. The number of likely N-dealkylation sites (N-methyl/N-ethyl adjacent to an activating group) is 1. The summed E-state index contributed by atoms with van der Waals surface area (Å²) in [7, 11) is 0. The molecular weight excluding hydrogens is 196 g/mol. The summed E-state index contributed by atoms with van der Waals surface area (Å²) in [6, 6.07) is 6.63. The largest absolute Gasteiger partial charge is 0.381 e. The molecule has 0 unspecified atom stereocenters. The van der Waals surface area contributed by atoms with Gasteiger partial charge in [0.2, 0.25) is 0 Å². The first-order chi connectivity index (χ1) is 7.77. The van der Waals surface area contributed by atoms with Gasteiger partial charge in [-0.25, -0.2) is 0 Å². The minimum atomic E-state index is 0.426. The monoisotopic (exact) mass is 216 g/mol. The minimum absolute atomic E-state index is 0.426. The Bertz CT molecular complexity index is 407. The van der Waals surface area contributed by atoms with Gasteiger partial charge in [0.05, 0.1) is 16.9 Å². The molecule has 1 fully saturated rings. The molecule has 2 nitrogen and oxygen atoms in total. The van der Waals surface area contributed by atoms with Crippen LogP contribution in [0.15, 0.2) is 18.2 Å². The first kappa shape index (κ1) is 10.0. The van der Waals surface area contributed by atoms with Crippen molar-refractivity contribution in [1.82, 2.24) is 0 Å². The number of nitrogens with one attached hydrogen (secondary N) is 1. The molecule has 0 bridgehead atoms. The standard InChI is InChI=1S/C14H20N2/c1-3-16-12-7-4-6-11(2)13(12)15-10-14(16)8-5-9-14/h4,6-7,15H,3,5,8-10H2,1-2H3. The van der Waals surface area contributed by atoms with Gasteiger partial charge in [0.25, 0.3) is 0 Å². The molecule has 0 saturated heterocycles. The van der Waals surface area contributed by atoms with Crippen molar-refractivity contribution in [2.24, 2.45) is 0 Å². The average Bonchev–Trinajstić information content (AvgIpc) is 2.25. The van der Waals surface area contributed by atoms with Crippen LogP contribution in [0.1, 0.15) is 31.7 Å². The third kappa shape index (κ3) is 1.19. The Labute approximate surface area is 97.6 Å². The summed E-state index contributed by atoms with van der Waals surface area (Å²) in [5, 5.41) is 3.65. The van der Waals surface area contributed by atoms with E-state index < -0.39 is 0 Å². The number of aryl methyl sites for hydroxylation is 1. The van der Waals surface area contributed by atoms with Gasteiger partial charge in [0, 0.05) is 13.1 Å². The van der Waals surface area contributed by atoms with Crippen molar-refractivity contribution >= 4 is 11.4 Å². The van der Waals surface area contributed by atoms with Crippen LogP contribution in [0.5, 0.6) is 0 Å². The van der Waals surface area contributed by atoms with E-state index in [-0.39, 0.29) is 0 Å². The Kier molecular flexibility index (Phi) is 2.13.